The molecule has 0 bridgehead atoms. The van der Waals surface area contributed by atoms with Crippen LogP contribution < -0.4 is 15.8 Å². The summed E-state index contributed by atoms with van der Waals surface area (Å²) in [5.41, 5.74) is 5.46. The zero-order chi connectivity index (χ0) is 14.6. The van der Waals surface area contributed by atoms with Gasteiger partial charge in [-0.1, -0.05) is 24.4 Å². The minimum Gasteiger partial charge on any atom is -0.484 e. The number of halogens is 2. The van der Waals surface area contributed by atoms with Crippen LogP contribution in [0.1, 0.15) is 25.7 Å². The average Bonchev–Trinajstić information content (AvgIpc) is 2.89. The maximum absolute atomic E-state index is 13.0. The summed E-state index contributed by atoms with van der Waals surface area (Å²) < 4.78 is 18.3. The number of nitrogens with two attached hydrogens (primary N) is 1. The first-order valence-corrected chi connectivity index (χ1v) is 7.01. The molecule has 0 radical (unpaired) electrons. The number of hydrogen-bond donors (Lipinski definition) is 2. The summed E-state index contributed by atoms with van der Waals surface area (Å²) in [7, 11) is 0. The molecule has 1 aliphatic rings. The van der Waals surface area contributed by atoms with Crippen molar-refractivity contribution in [3.05, 3.63) is 29.0 Å². The summed E-state index contributed by atoms with van der Waals surface area (Å²) in [5.74, 6) is -0.380. The molecular formula is C14H18ClFN2O2. The molecule has 4 nitrogen and oxygen atoms in total. The van der Waals surface area contributed by atoms with Crippen LogP contribution in [0.3, 0.4) is 0 Å². The molecule has 0 saturated heterocycles. The van der Waals surface area contributed by atoms with Crippen molar-refractivity contribution >= 4 is 17.5 Å². The molecule has 3 N–H and O–H groups in total. The fraction of sp³-hybridized carbons (Fsp3) is 0.500. The fourth-order valence-electron chi connectivity index (χ4n) is 2.48. The smallest absolute Gasteiger partial charge is 0.258 e. The molecule has 1 fully saturated rings. The number of ether oxygens (including phenoxy) is 1. The van der Waals surface area contributed by atoms with E-state index in [4.69, 9.17) is 22.1 Å². The van der Waals surface area contributed by atoms with Gasteiger partial charge in [-0.25, -0.2) is 4.39 Å². The Morgan fingerprint density at radius 2 is 2.15 bits per heavy atom. The Bertz CT molecular complexity index is 490. The Balaban J connectivity index is 1.87. The van der Waals surface area contributed by atoms with Crippen molar-refractivity contribution in [3.63, 3.8) is 0 Å². The standard InChI is InChI=1S/C14H18ClFN2O2/c15-11-7-10(3-4-12(11)16)20-8-13(19)18-14(9-17)5-1-2-6-14/h3-4,7H,1-2,5-6,8-9,17H2,(H,18,19). The van der Waals surface area contributed by atoms with E-state index in [9.17, 15) is 9.18 Å². The molecule has 0 heterocycles. The van der Waals surface area contributed by atoms with Crippen LogP contribution in [0.2, 0.25) is 5.02 Å². The minimum absolute atomic E-state index is 0.0304. The Morgan fingerprint density at radius 1 is 1.45 bits per heavy atom. The van der Waals surface area contributed by atoms with E-state index in [0.717, 1.165) is 25.7 Å². The number of nitrogens with one attached hydrogen (secondary N) is 1. The maximum atomic E-state index is 13.0. The van der Waals surface area contributed by atoms with Crippen molar-refractivity contribution < 1.29 is 13.9 Å². The van der Waals surface area contributed by atoms with E-state index >= 15 is 0 Å². The number of benzene rings is 1. The first-order valence-electron chi connectivity index (χ1n) is 6.64. The molecule has 20 heavy (non-hydrogen) atoms. The highest BCUT2D eigenvalue weighted by Crippen LogP contribution is 2.28. The molecule has 6 heteroatoms. The van der Waals surface area contributed by atoms with Gasteiger partial charge in [0, 0.05) is 12.6 Å². The van der Waals surface area contributed by atoms with E-state index in [1.165, 1.54) is 18.2 Å². The molecule has 0 aromatic heterocycles. The van der Waals surface area contributed by atoms with Crippen LogP contribution in [0.25, 0.3) is 0 Å². The van der Waals surface area contributed by atoms with Crippen LogP contribution in [0.4, 0.5) is 4.39 Å². The lowest BCUT2D eigenvalue weighted by Gasteiger charge is -2.28. The SMILES string of the molecule is NCC1(NC(=O)COc2ccc(F)c(Cl)c2)CCCC1. The number of carbonyl (C=O) groups is 1. The summed E-state index contributed by atoms with van der Waals surface area (Å²) in [6.07, 6.45) is 3.95. The van der Waals surface area contributed by atoms with Gasteiger partial charge in [0.1, 0.15) is 11.6 Å². The van der Waals surface area contributed by atoms with Crippen LogP contribution in [-0.4, -0.2) is 24.6 Å². The highest BCUT2D eigenvalue weighted by atomic mass is 35.5. The van der Waals surface area contributed by atoms with Crippen LogP contribution >= 0.6 is 11.6 Å². The van der Waals surface area contributed by atoms with Crippen molar-refractivity contribution in [2.75, 3.05) is 13.2 Å². The van der Waals surface area contributed by atoms with Crippen molar-refractivity contribution in [2.45, 2.75) is 31.2 Å². The highest BCUT2D eigenvalue weighted by Gasteiger charge is 2.33. The molecule has 0 atom stereocenters. The van der Waals surface area contributed by atoms with Gasteiger partial charge in [0.2, 0.25) is 0 Å². The molecule has 1 aromatic rings. The summed E-state index contributed by atoms with van der Waals surface area (Å²) in [6.45, 7) is 0.296. The van der Waals surface area contributed by atoms with Crippen LogP contribution in [-0.2, 0) is 4.79 Å². The van der Waals surface area contributed by atoms with E-state index in [1.807, 2.05) is 0 Å². The summed E-state index contributed by atoms with van der Waals surface area (Å²) >= 11 is 5.64. The number of hydrogen-bond acceptors (Lipinski definition) is 3. The van der Waals surface area contributed by atoms with Gasteiger partial charge in [-0.3, -0.25) is 4.79 Å². The lowest BCUT2D eigenvalue weighted by atomic mass is 9.98. The molecule has 1 aliphatic carbocycles. The van der Waals surface area contributed by atoms with Crippen LogP contribution in [0.5, 0.6) is 5.75 Å². The van der Waals surface area contributed by atoms with Gasteiger partial charge >= 0.3 is 0 Å². The van der Waals surface area contributed by atoms with Crippen molar-refractivity contribution in [3.8, 4) is 5.75 Å². The van der Waals surface area contributed by atoms with Gasteiger partial charge in [0.25, 0.3) is 5.91 Å². The predicted molar refractivity (Wildman–Crippen MR) is 75.3 cm³/mol. The molecule has 0 spiro atoms. The normalized spacial score (nSPS) is 16.9. The third kappa shape index (κ3) is 3.61. The second kappa shape index (κ2) is 6.41. The van der Waals surface area contributed by atoms with Gasteiger partial charge in [0.15, 0.2) is 6.61 Å². The third-order valence-electron chi connectivity index (χ3n) is 3.62. The molecule has 1 amide bonds. The topological polar surface area (TPSA) is 64.3 Å². The molecular weight excluding hydrogens is 283 g/mol. The molecule has 110 valence electrons. The largest absolute Gasteiger partial charge is 0.484 e. The van der Waals surface area contributed by atoms with Crippen molar-refractivity contribution in [1.29, 1.82) is 0 Å². The van der Waals surface area contributed by atoms with E-state index in [2.05, 4.69) is 5.32 Å². The van der Waals surface area contributed by atoms with Gasteiger partial charge in [0.05, 0.1) is 10.6 Å². The Hall–Kier alpha value is -1.33. The quantitative estimate of drug-likeness (QED) is 0.876. The second-order valence-corrected chi connectivity index (χ2v) is 5.51. The second-order valence-electron chi connectivity index (χ2n) is 5.10. The Labute approximate surface area is 122 Å². The van der Waals surface area contributed by atoms with Crippen LogP contribution in [0.15, 0.2) is 18.2 Å². The predicted octanol–water partition coefficient (Wildman–Crippen LogP) is 2.25. The van der Waals surface area contributed by atoms with Gasteiger partial charge in [-0.2, -0.15) is 0 Å². The lowest BCUT2D eigenvalue weighted by Crippen LogP contribution is -2.52. The number of amides is 1. The zero-order valence-corrected chi connectivity index (χ0v) is 11.9. The molecule has 0 unspecified atom stereocenters. The van der Waals surface area contributed by atoms with Crippen molar-refractivity contribution in [2.24, 2.45) is 5.73 Å². The summed E-state index contributed by atoms with van der Waals surface area (Å²) in [4.78, 5) is 11.9. The van der Waals surface area contributed by atoms with Crippen molar-refractivity contribution in [1.82, 2.24) is 5.32 Å². The van der Waals surface area contributed by atoms with E-state index in [1.54, 1.807) is 0 Å². The Morgan fingerprint density at radius 3 is 2.75 bits per heavy atom. The maximum Gasteiger partial charge on any atom is 0.258 e. The number of rotatable bonds is 5. The molecule has 1 saturated carbocycles. The zero-order valence-electron chi connectivity index (χ0n) is 11.1. The van der Waals surface area contributed by atoms with E-state index < -0.39 is 5.82 Å². The minimum atomic E-state index is -0.517. The van der Waals surface area contributed by atoms with Gasteiger partial charge < -0.3 is 15.8 Å². The molecule has 2 rings (SSSR count). The highest BCUT2D eigenvalue weighted by molar-refractivity contribution is 6.30. The van der Waals surface area contributed by atoms with Gasteiger partial charge in [-0.05, 0) is 25.0 Å². The number of carbonyl (C=O) groups excluding carboxylic acids is 1. The van der Waals surface area contributed by atoms with E-state index in [-0.39, 0.29) is 23.1 Å². The third-order valence-corrected chi connectivity index (χ3v) is 3.91. The average molecular weight is 301 g/mol. The molecule has 0 aliphatic heterocycles. The fourth-order valence-corrected chi connectivity index (χ4v) is 2.65. The van der Waals surface area contributed by atoms with Gasteiger partial charge in [-0.15, -0.1) is 0 Å². The first-order chi connectivity index (χ1) is 9.54. The lowest BCUT2D eigenvalue weighted by molar-refractivity contribution is -0.124. The molecule has 1 aromatic carbocycles. The summed E-state index contributed by atoms with van der Waals surface area (Å²) in [6, 6.07) is 3.98. The summed E-state index contributed by atoms with van der Waals surface area (Å²) in [5, 5.41) is 2.91. The van der Waals surface area contributed by atoms with E-state index in [0.29, 0.717) is 12.3 Å². The first kappa shape index (κ1) is 15.1. The monoisotopic (exact) mass is 300 g/mol. The Kier molecular flexibility index (Phi) is 4.83. The van der Waals surface area contributed by atoms with Crippen LogP contribution in [0, 0.1) is 5.82 Å².